The van der Waals surface area contributed by atoms with Crippen LogP contribution < -0.4 is 4.90 Å². The highest BCUT2D eigenvalue weighted by atomic mass is 79.9. The average Bonchev–Trinajstić information content (AvgIpc) is 2.18. The van der Waals surface area contributed by atoms with E-state index in [0.29, 0.717) is 19.0 Å². The van der Waals surface area contributed by atoms with E-state index in [1.54, 1.807) is 12.3 Å². The number of anilines is 1. The lowest BCUT2D eigenvalue weighted by molar-refractivity contribution is 0.140. The number of pyridine rings is 1. The zero-order chi connectivity index (χ0) is 9.97. The largest absolute Gasteiger partial charge is 0.449 e. The van der Waals surface area contributed by atoms with E-state index in [-0.39, 0.29) is 6.09 Å². The minimum Gasteiger partial charge on any atom is -0.449 e. The Morgan fingerprint density at radius 3 is 3.14 bits per heavy atom. The molecule has 1 aliphatic heterocycles. The predicted molar refractivity (Wildman–Crippen MR) is 55.2 cm³/mol. The van der Waals surface area contributed by atoms with Crippen LogP contribution in [0, 0.1) is 0 Å². The SMILES string of the molecule is O=C1OCCCN1c1cc(Br)ccn1. The van der Waals surface area contributed by atoms with Crippen molar-refractivity contribution in [1.82, 2.24) is 4.98 Å². The molecular formula is C9H9BrN2O2. The van der Waals surface area contributed by atoms with E-state index in [4.69, 9.17) is 4.74 Å². The second kappa shape index (κ2) is 3.96. The lowest BCUT2D eigenvalue weighted by Crippen LogP contribution is -2.38. The van der Waals surface area contributed by atoms with Gasteiger partial charge in [0.15, 0.2) is 0 Å². The van der Waals surface area contributed by atoms with Gasteiger partial charge >= 0.3 is 6.09 Å². The van der Waals surface area contributed by atoms with Crippen LogP contribution in [-0.4, -0.2) is 24.2 Å². The zero-order valence-electron chi connectivity index (χ0n) is 7.44. The molecule has 14 heavy (non-hydrogen) atoms. The summed E-state index contributed by atoms with van der Waals surface area (Å²) >= 11 is 3.33. The van der Waals surface area contributed by atoms with Gasteiger partial charge in [-0.1, -0.05) is 15.9 Å². The number of amides is 1. The number of halogens is 1. The number of hydrogen-bond donors (Lipinski definition) is 0. The highest BCUT2D eigenvalue weighted by Gasteiger charge is 2.22. The fraction of sp³-hybridized carbons (Fsp3) is 0.333. The molecule has 0 aromatic carbocycles. The Hall–Kier alpha value is -1.10. The highest BCUT2D eigenvalue weighted by Crippen LogP contribution is 2.19. The Kier molecular flexibility index (Phi) is 2.67. The molecule has 1 amide bonds. The molecule has 0 spiro atoms. The van der Waals surface area contributed by atoms with Gasteiger partial charge in [-0.2, -0.15) is 0 Å². The Morgan fingerprint density at radius 1 is 1.57 bits per heavy atom. The summed E-state index contributed by atoms with van der Waals surface area (Å²) in [7, 11) is 0. The lowest BCUT2D eigenvalue weighted by Gasteiger charge is -2.25. The maximum absolute atomic E-state index is 11.4. The van der Waals surface area contributed by atoms with E-state index in [1.165, 1.54) is 4.90 Å². The molecule has 0 saturated carbocycles. The van der Waals surface area contributed by atoms with Crippen LogP contribution in [0.4, 0.5) is 10.6 Å². The van der Waals surface area contributed by atoms with E-state index in [0.717, 1.165) is 10.9 Å². The summed E-state index contributed by atoms with van der Waals surface area (Å²) in [6.07, 6.45) is 2.18. The molecule has 0 aliphatic carbocycles. The van der Waals surface area contributed by atoms with Gasteiger partial charge in [0, 0.05) is 17.2 Å². The predicted octanol–water partition coefficient (Wildman–Crippen LogP) is 2.19. The first kappa shape index (κ1) is 9.45. The summed E-state index contributed by atoms with van der Waals surface area (Å²) < 4.78 is 5.82. The topological polar surface area (TPSA) is 42.4 Å². The fourth-order valence-corrected chi connectivity index (χ4v) is 1.62. The van der Waals surface area contributed by atoms with Crippen molar-refractivity contribution < 1.29 is 9.53 Å². The molecule has 1 aromatic rings. The summed E-state index contributed by atoms with van der Waals surface area (Å²) in [6.45, 7) is 1.17. The maximum Gasteiger partial charge on any atom is 0.415 e. The Bertz CT molecular complexity index is 356. The second-order valence-corrected chi connectivity index (χ2v) is 3.87. The summed E-state index contributed by atoms with van der Waals surface area (Å²) in [5, 5.41) is 0. The van der Waals surface area contributed by atoms with Crippen LogP contribution in [0.2, 0.25) is 0 Å². The molecule has 0 N–H and O–H groups in total. The molecule has 5 heteroatoms. The third-order valence-corrected chi connectivity index (χ3v) is 2.45. The Labute approximate surface area is 90.0 Å². The first-order valence-corrected chi connectivity index (χ1v) is 5.12. The van der Waals surface area contributed by atoms with Gasteiger partial charge in [0.25, 0.3) is 0 Å². The number of hydrogen-bond acceptors (Lipinski definition) is 3. The molecule has 1 aromatic heterocycles. The summed E-state index contributed by atoms with van der Waals surface area (Å²) in [5.74, 6) is 0.629. The molecular weight excluding hydrogens is 248 g/mol. The van der Waals surface area contributed by atoms with Crippen LogP contribution in [0.25, 0.3) is 0 Å². The zero-order valence-corrected chi connectivity index (χ0v) is 9.03. The quantitative estimate of drug-likeness (QED) is 0.774. The van der Waals surface area contributed by atoms with Crippen LogP contribution in [0.3, 0.4) is 0 Å². The molecule has 74 valence electrons. The molecule has 0 radical (unpaired) electrons. The monoisotopic (exact) mass is 256 g/mol. The Balaban J connectivity index is 2.24. The number of nitrogens with zero attached hydrogens (tertiary/aromatic N) is 2. The van der Waals surface area contributed by atoms with Gasteiger partial charge in [0.05, 0.1) is 6.61 Å². The number of aromatic nitrogens is 1. The average molecular weight is 257 g/mol. The van der Waals surface area contributed by atoms with Gasteiger partial charge < -0.3 is 4.74 Å². The number of ether oxygens (including phenoxy) is 1. The third-order valence-electron chi connectivity index (χ3n) is 1.96. The molecule has 0 atom stereocenters. The van der Waals surface area contributed by atoms with Gasteiger partial charge in [0.2, 0.25) is 0 Å². The van der Waals surface area contributed by atoms with E-state index >= 15 is 0 Å². The van der Waals surface area contributed by atoms with Crippen molar-refractivity contribution in [2.24, 2.45) is 0 Å². The number of rotatable bonds is 1. The molecule has 1 fully saturated rings. The van der Waals surface area contributed by atoms with Crippen molar-refractivity contribution >= 4 is 27.8 Å². The molecule has 2 rings (SSSR count). The highest BCUT2D eigenvalue weighted by molar-refractivity contribution is 9.10. The first-order valence-electron chi connectivity index (χ1n) is 4.33. The van der Waals surface area contributed by atoms with Crippen molar-refractivity contribution in [3.63, 3.8) is 0 Å². The van der Waals surface area contributed by atoms with Crippen molar-refractivity contribution in [1.29, 1.82) is 0 Å². The molecule has 0 unspecified atom stereocenters. The molecule has 0 bridgehead atoms. The maximum atomic E-state index is 11.4. The molecule has 4 nitrogen and oxygen atoms in total. The van der Waals surface area contributed by atoms with Crippen molar-refractivity contribution in [2.75, 3.05) is 18.1 Å². The van der Waals surface area contributed by atoms with Gasteiger partial charge in [-0.25, -0.2) is 9.78 Å². The van der Waals surface area contributed by atoms with Crippen LogP contribution in [0.1, 0.15) is 6.42 Å². The first-order chi connectivity index (χ1) is 6.77. The fourth-order valence-electron chi connectivity index (χ4n) is 1.30. The standard InChI is InChI=1S/C9H9BrN2O2/c10-7-2-3-11-8(6-7)12-4-1-5-14-9(12)13/h2-3,6H,1,4-5H2. The molecule has 2 heterocycles. The van der Waals surface area contributed by atoms with Crippen molar-refractivity contribution in [2.45, 2.75) is 6.42 Å². The van der Waals surface area contributed by atoms with Crippen molar-refractivity contribution in [3.8, 4) is 0 Å². The number of carbonyl (C=O) groups is 1. The smallest absolute Gasteiger partial charge is 0.415 e. The van der Waals surface area contributed by atoms with Crippen LogP contribution >= 0.6 is 15.9 Å². The van der Waals surface area contributed by atoms with E-state index < -0.39 is 0 Å². The lowest BCUT2D eigenvalue weighted by atomic mass is 10.3. The summed E-state index contributed by atoms with van der Waals surface area (Å²) in [4.78, 5) is 17.0. The van der Waals surface area contributed by atoms with Gasteiger partial charge in [-0.15, -0.1) is 0 Å². The van der Waals surface area contributed by atoms with Gasteiger partial charge in [-0.3, -0.25) is 4.90 Å². The van der Waals surface area contributed by atoms with Gasteiger partial charge in [-0.05, 0) is 18.6 Å². The van der Waals surface area contributed by atoms with Crippen molar-refractivity contribution in [3.05, 3.63) is 22.8 Å². The summed E-state index contributed by atoms with van der Waals surface area (Å²) in [5.41, 5.74) is 0. The number of carbonyl (C=O) groups excluding carboxylic acids is 1. The van der Waals surface area contributed by atoms with Crippen LogP contribution in [0.5, 0.6) is 0 Å². The normalized spacial score (nSPS) is 16.6. The van der Waals surface area contributed by atoms with Crippen LogP contribution in [-0.2, 0) is 4.74 Å². The van der Waals surface area contributed by atoms with E-state index in [2.05, 4.69) is 20.9 Å². The molecule has 1 aliphatic rings. The van der Waals surface area contributed by atoms with Gasteiger partial charge in [0.1, 0.15) is 5.82 Å². The minimum absolute atomic E-state index is 0.318. The minimum atomic E-state index is -0.318. The Morgan fingerprint density at radius 2 is 2.43 bits per heavy atom. The summed E-state index contributed by atoms with van der Waals surface area (Å²) in [6, 6.07) is 3.62. The third kappa shape index (κ3) is 1.87. The second-order valence-electron chi connectivity index (χ2n) is 2.95. The van der Waals surface area contributed by atoms with E-state index in [9.17, 15) is 4.79 Å². The van der Waals surface area contributed by atoms with Crippen LogP contribution in [0.15, 0.2) is 22.8 Å². The molecule has 1 saturated heterocycles. The number of cyclic esters (lactones) is 1. The van der Waals surface area contributed by atoms with E-state index in [1.807, 2.05) is 6.07 Å².